The Hall–Kier alpha value is -2.38. The molecule has 0 aromatic carbocycles. The number of thioether (sulfide) groups is 1. The predicted octanol–water partition coefficient (Wildman–Crippen LogP) is 4.73. The lowest BCUT2D eigenvalue weighted by atomic mass is 10.2. The summed E-state index contributed by atoms with van der Waals surface area (Å²) in [5.41, 5.74) is 3.14. The Morgan fingerprint density at radius 3 is 2.88 bits per heavy atom. The summed E-state index contributed by atoms with van der Waals surface area (Å²) in [6.45, 7) is 4.77. The summed E-state index contributed by atoms with van der Waals surface area (Å²) < 4.78 is 7.62. The van der Waals surface area contributed by atoms with Gasteiger partial charge in [-0.1, -0.05) is 17.8 Å². The van der Waals surface area contributed by atoms with E-state index < -0.39 is 0 Å². The molecule has 0 spiro atoms. The molecule has 0 saturated carbocycles. The third-order valence-corrected chi connectivity index (χ3v) is 6.30. The Morgan fingerprint density at radius 1 is 1.27 bits per heavy atom. The summed E-state index contributed by atoms with van der Waals surface area (Å²) in [7, 11) is 0. The Balaban J connectivity index is 1.67. The molecular weight excluding hydrogens is 366 g/mol. The van der Waals surface area contributed by atoms with Crippen LogP contribution >= 0.6 is 23.1 Å². The molecule has 0 atom stereocenters. The van der Waals surface area contributed by atoms with E-state index in [4.69, 9.17) is 4.42 Å². The second-order valence-electron chi connectivity index (χ2n) is 5.94. The maximum atomic E-state index is 12.3. The van der Waals surface area contributed by atoms with Gasteiger partial charge in [-0.3, -0.25) is 4.79 Å². The molecule has 0 amide bonds. The van der Waals surface area contributed by atoms with Crippen LogP contribution < -0.4 is 0 Å². The normalized spacial score (nSPS) is 11.3. The van der Waals surface area contributed by atoms with Crippen LogP contribution in [0, 0.1) is 13.8 Å². The first-order valence-corrected chi connectivity index (χ1v) is 10.0. The first kappa shape index (κ1) is 17.1. The van der Waals surface area contributed by atoms with Crippen LogP contribution in [0.1, 0.15) is 26.7 Å². The summed E-state index contributed by atoms with van der Waals surface area (Å²) in [6.07, 6.45) is 3.24. The number of carbonyl (C=O) groups excluding carboxylic acids is 1. The Bertz CT molecular complexity index is 1050. The number of carbonyl (C=O) groups is 1. The molecule has 26 heavy (non-hydrogen) atoms. The molecule has 4 aromatic rings. The molecule has 0 aliphatic rings. The Morgan fingerprint density at radius 2 is 2.15 bits per heavy atom. The van der Waals surface area contributed by atoms with Gasteiger partial charge in [-0.2, -0.15) is 0 Å². The van der Waals surface area contributed by atoms with Gasteiger partial charge in [0.1, 0.15) is 22.8 Å². The molecule has 0 aliphatic heterocycles. The highest BCUT2D eigenvalue weighted by Gasteiger charge is 2.18. The van der Waals surface area contributed by atoms with E-state index in [9.17, 15) is 4.79 Å². The zero-order valence-corrected chi connectivity index (χ0v) is 16.1. The van der Waals surface area contributed by atoms with Crippen molar-refractivity contribution in [3.63, 3.8) is 0 Å². The number of furan rings is 1. The second-order valence-corrected chi connectivity index (χ2v) is 7.85. The van der Waals surface area contributed by atoms with Crippen molar-refractivity contribution in [1.82, 2.24) is 14.5 Å². The number of Topliss-reactive ketones (excluding diaryl/α,β-unsaturated/α-hetero) is 1. The van der Waals surface area contributed by atoms with Crippen molar-refractivity contribution in [2.24, 2.45) is 0 Å². The van der Waals surface area contributed by atoms with Crippen molar-refractivity contribution in [2.75, 3.05) is 5.75 Å². The summed E-state index contributed by atoms with van der Waals surface area (Å²) in [6, 6.07) is 7.60. The van der Waals surface area contributed by atoms with E-state index in [1.54, 1.807) is 12.6 Å². The molecule has 0 fully saturated rings. The van der Waals surface area contributed by atoms with E-state index >= 15 is 0 Å². The standard InChI is InChI=1S/C19H17N3O2S2/c1-12-13(2)22(9-14-5-3-7-24-14)18-17(12)19(21-11-20-18)26-10-15(23)16-6-4-8-25-16/h3-8,11H,9-10H2,1-2H3. The van der Waals surface area contributed by atoms with Crippen molar-refractivity contribution >= 4 is 39.9 Å². The molecule has 4 heterocycles. The van der Waals surface area contributed by atoms with Crippen molar-refractivity contribution in [1.29, 1.82) is 0 Å². The maximum Gasteiger partial charge on any atom is 0.183 e. The number of ketones is 1. The van der Waals surface area contributed by atoms with Gasteiger partial charge in [-0.15, -0.1) is 11.3 Å². The fourth-order valence-corrected chi connectivity index (χ4v) is 4.63. The highest BCUT2D eigenvalue weighted by molar-refractivity contribution is 8.00. The monoisotopic (exact) mass is 383 g/mol. The van der Waals surface area contributed by atoms with Crippen LogP contribution in [-0.4, -0.2) is 26.1 Å². The molecule has 5 nitrogen and oxygen atoms in total. The number of aryl methyl sites for hydroxylation is 1. The summed E-state index contributed by atoms with van der Waals surface area (Å²) in [5.74, 6) is 1.38. The second kappa shape index (κ2) is 7.09. The number of hydrogen-bond acceptors (Lipinski definition) is 6. The van der Waals surface area contributed by atoms with Crippen molar-refractivity contribution in [3.8, 4) is 0 Å². The minimum atomic E-state index is 0.126. The molecule has 0 unspecified atom stereocenters. The lowest BCUT2D eigenvalue weighted by molar-refractivity contribution is 0.102. The van der Waals surface area contributed by atoms with Gasteiger partial charge >= 0.3 is 0 Å². The zero-order chi connectivity index (χ0) is 18.1. The van der Waals surface area contributed by atoms with Gasteiger partial charge in [-0.25, -0.2) is 9.97 Å². The number of rotatable bonds is 6. The summed E-state index contributed by atoms with van der Waals surface area (Å²) in [5, 5.41) is 3.78. The SMILES string of the molecule is Cc1c(C)n(Cc2ccco2)c2ncnc(SCC(=O)c3cccs3)c12. The van der Waals surface area contributed by atoms with Crippen molar-refractivity contribution < 1.29 is 9.21 Å². The molecule has 0 bridgehead atoms. The number of hydrogen-bond donors (Lipinski definition) is 0. The molecule has 4 rings (SSSR count). The third kappa shape index (κ3) is 3.08. The topological polar surface area (TPSA) is 60.9 Å². The van der Waals surface area contributed by atoms with E-state index in [0.717, 1.165) is 38.0 Å². The number of nitrogens with zero attached hydrogens (tertiary/aromatic N) is 3. The fraction of sp³-hybridized carbons (Fsp3) is 0.211. The van der Waals surface area contributed by atoms with Gasteiger partial charge in [0.25, 0.3) is 0 Å². The Labute approximate surface area is 159 Å². The van der Waals surface area contributed by atoms with E-state index in [2.05, 4.69) is 28.4 Å². The maximum absolute atomic E-state index is 12.3. The first-order valence-electron chi connectivity index (χ1n) is 8.17. The van der Waals surface area contributed by atoms with E-state index in [1.165, 1.54) is 23.1 Å². The molecule has 0 saturated heterocycles. The van der Waals surface area contributed by atoms with E-state index in [-0.39, 0.29) is 5.78 Å². The molecule has 0 radical (unpaired) electrons. The van der Waals surface area contributed by atoms with Crippen LogP contribution in [0.2, 0.25) is 0 Å². The zero-order valence-electron chi connectivity index (χ0n) is 14.4. The smallest absolute Gasteiger partial charge is 0.183 e. The Kier molecular flexibility index (Phi) is 4.65. The quantitative estimate of drug-likeness (QED) is 0.274. The average Bonchev–Trinajstić information content (AvgIpc) is 3.39. The molecule has 0 N–H and O–H groups in total. The highest BCUT2D eigenvalue weighted by Crippen LogP contribution is 2.32. The van der Waals surface area contributed by atoms with Crippen LogP contribution in [0.15, 0.2) is 51.7 Å². The minimum absolute atomic E-state index is 0.126. The predicted molar refractivity (Wildman–Crippen MR) is 104 cm³/mol. The first-order chi connectivity index (χ1) is 12.6. The fourth-order valence-electron chi connectivity index (χ4n) is 2.94. The van der Waals surface area contributed by atoms with Gasteiger partial charge in [0.05, 0.1) is 28.8 Å². The molecule has 0 aliphatic carbocycles. The van der Waals surface area contributed by atoms with Crippen LogP contribution in [-0.2, 0) is 6.54 Å². The van der Waals surface area contributed by atoms with Gasteiger partial charge in [0.2, 0.25) is 0 Å². The molecular formula is C19H17N3O2S2. The van der Waals surface area contributed by atoms with Crippen LogP contribution in [0.25, 0.3) is 11.0 Å². The van der Waals surface area contributed by atoms with Crippen LogP contribution in [0.4, 0.5) is 0 Å². The van der Waals surface area contributed by atoms with Gasteiger partial charge in [-0.05, 0) is 43.0 Å². The third-order valence-electron chi connectivity index (χ3n) is 4.40. The average molecular weight is 383 g/mol. The molecule has 7 heteroatoms. The molecule has 4 aromatic heterocycles. The van der Waals surface area contributed by atoms with Crippen molar-refractivity contribution in [2.45, 2.75) is 25.4 Å². The lowest BCUT2D eigenvalue weighted by Crippen LogP contribution is -2.02. The van der Waals surface area contributed by atoms with E-state index in [1.807, 2.05) is 29.6 Å². The number of aromatic nitrogens is 3. The van der Waals surface area contributed by atoms with E-state index in [0.29, 0.717) is 12.3 Å². The summed E-state index contributed by atoms with van der Waals surface area (Å²) >= 11 is 2.94. The van der Waals surface area contributed by atoms with Crippen molar-refractivity contribution in [3.05, 3.63) is 64.1 Å². The number of thiophene rings is 1. The number of fused-ring (bicyclic) bond motifs is 1. The van der Waals surface area contributed by atoms with Gasteiger partial charge < -0.3 is 8.98 Å². The highest BCUT2D eigenvalue weighted by atomic mass is 32.2. The van der Waals surface area contributed by atoms with Crippen LogP contribution in [0.5, 0.6) is 0 Å². The largest absolute Gasteiger partial charge is 0.467 e. The van der Waals surface area contributed by atoms with Gasteiger partial charge in [0.15, 0.2) is 5.78 Å². The lowest BCUT2D eigenvalue weighted by Gasteiger charge is -2.06. The minimum Gasteiger partial charge on any atom is -0.467 e. The molecule has 132 valence electrons. The summed E-state index contributed by atoms with van der Waals surface area (Å²) in [4.78, 5) is 22.0. The van der Waals surface area contributed by atoms with Gasteiger partial charge in [0, 0.05) is 5.69 Å². The van der Waals surface area contributed by atoms with Crippen LogP contribution in [0.3, 0.4) is 0 Å².